The predicted molar refractivity (Wildman–Crippen MR) is 90.8 cm³/mol. The summed E-state index contributed by atoms with van der Waals surface area (Å²) in [4.78, 5) is 33.5. The first kappa shape index (κ1) is 20.4. The van der Waals surface area contributed by atoms with Gasteiger partial charge in [-0.25, -0.2) is 9.59 Å². The van der Waals surface area contributed by atoms with Gasteiger partial charge in [0.1, 0.15) is 5.75 Å². The third-order valence-electron chi connectivity index (χ3n) is 2.80. The van der Waals surface area contributed by atoms with Crippen LogP contribution in [0.1, 0.15) is 12.5 Å². The van der Waals surface area contributed by atoms with Crippen molar-refractivity contribution in [1.29, 1.82) is 0 Å². The molecule has 1 aromatic heterocycles. The number of carboxylic acid groups (broad SMARTS) is 2. The number of anilines is 1. The number of aromatic nitrogens is 1. The standard InChI is InChI=1S/C15H16N2O3.C2H2O4/c1-2-19-15(18)9-11-3-5-12(6-4-11)20-14-10-17-8-7-13(14)16;3-1(4)2(5)6/h3-8,10H,2,9H2,1H3,(H2,16,17);(H,3,4)(H,5,6). The average molecular weight is 362 g/mol. The number of nitrogens with two attached hydrogens (primary N) is 1. The highest BCUT2D eigenvalue weighted by Gasteiger charge is 2.06. The minimum absolute atomic E-state index is 0.238. The summed E-state index contributed by atoms with van der Waals surface area (Å²) >= 11 is 0. The molecule has 1 heterocycles. The Kier molecular flexibility index (Phi) is 8.08. The smallest absolute Gasteiger partial charge is 0.414 e. The number of hydrogen-bond donors (Lipinski definition) is 3. The lowest BCUT2D eigenvalue weighted by Gasteiger charge is -2.08. The number of nitrogens with zero attached hydrogens (tertiary/aromatic N) is 1. The molecule has 0 aliphatic heterocycles. The Hall–Kier alpha value is -3.62. The molecular formula is C17H18N2O7. The summed E-state index contributed by atoms with van der Waals surface area (Å²) in [6, 6.07) is 8.87. The number of carbonyl (C=O) groups is 3. The van der Waals surface area contributed by atoms with Gasteiger partial charge in [0, 0.05) is 6.20 Å². The first-order chi connectivity index (χ1) is 12.3. The summed E-state index contributed by atoms with van der Waals surface area (Å²) in [7, 11) is 0. The Morgan fingerprint density at radius 1 is 1.08 bits per heavy atom. The highest BCUT2D eigenvalue weighted by Crippen LogP contribution is 2.26. The molecule has 2 rings (SSSR count). The number of carboxylic acids is 2. The number of ether oxygens (including phenoxy) is 2. The van der Waals surface area contributed by atoms with Gasteiger partial charge in [-0.3, -0.25) is 9.78 Å². The molecule has 1 aromatic carbocycles. The minimum atomic E-state index is -1.82. The van der Waals surface area contributed by atoms with Crippen molar-refractivity contribution in [1.82, 2.24) is 4.98 Å². The molecule has 2 aromatic rings. The molecule has 4 N–H and O–H groups in total. The van der Waals surface area contributed by atoms with Gasteiger partial charge in [0.2, 0.25) is 0 Å². The minimum Gasteiger partial charge on any atom is -0.473 e. The lowest BCUT2D eigenvalue weighted by molar-refractivity contribution is -0.159. The van der Waals surface area contributed by atoms with Gasteiger partial charge >= 0.3 is 17.9 Å². The van der Waals surface area contributed by atoms with E-state index in [4.69, 9.17) is 35.0 Å². The molecule has 0 unspecified atom stereocenters. The summed E-state index contributed by atoms with van der Waals surface area (Å²) in [5.41, 5.74) is 7.17. The number of hydrogen-bond acceptors (Lipinski definition) is 7. The predicted octanol–water partition coefficient (Wildman–Crippen LogP) is 1.72. The molecule has 0 aliphatic rings. The van der Waals surface area contributed by atoms with Crippen LogP contribution >= 0.6 is 0 Å². The number of carbonyl (C=O) groups excluding carboxylic acids is 1. The summed E-state index contributed by atoms with van der Waals surface area (Å²) in [6.45, 7) is 2.17. The Balaban J connectivity index is 0.000000487. The van der Waals surface area contributed by atoms with Crippen molar-refractivity contribution in [3.63, 3.8) is 0 Å². The molecule has 0 spiro atoms. The van der Waals surface area contributed by atoms with Crippen LogP contribution in [0.4, 0.5) is 5.69 Å². The van der Waals surface area contributed by atoms with E-state index in [2.05, 4.69) is 4.98 Å². The van der Waals surface area contributed by atoms with E-state index in [0.717, 1.165) is 5.56 Å². The topological polar surface area (TPSA) is 149 Å². The number of nitrogen functional groups attached to an aromatic ring is 1. The van der Waals surface area contributed by atoms with Crippen molar-refractivity contribution < 1.29 is 34.1 Å². The highest BCUT2D eigenvalue weighted by molar-refractivity contribution is 6.27. The zero-order valence-corrected chi connectivity index (χ0v) is 13.9. The maximum absolute atomic E-state index is 11.4. The quantitative estimate of drug-likeness (QED) is 0.533. The summed E-state index contributed by atoms with van der Waals surface area (Å²) in [5, 5.41) is 14.8. The zero-order valence-electron chi connectivity index (χ0n) is 13.9. The Bertz CT molecular complexity index is 748. The summed E-state index contributed by atoms with van der Waals surface area (Å²) in [5.74, 6) is -2.74. The molecule has 9 nitrogen and oxygen atoms in total. The summed E-state index contributed by atoms with van der Waals surface area (Å²) in [6.07, 6.45) is 3.41. The van der Waals surface area contributed by atoms with Gasteiger partial charge < -0.3 is 25.4 Å². The lowest BCUT2D eigenvalue weighted by Crippen LogP contribution is -2.09. The first-order valence-corrected chi connectivity index (χ1v) is 7.41. The monoisotopic (exact) mass is 362 g/mol. The molecule has 0 saturated carbocycles. The van der Waals surface area contributed by atoms with E-state index in [0.29, 0.717) is 23.8 Å². The molecule has 0 aliphatic carbocycles. The number of esters is 1. The molecule has 0 amide bonds. The molecule has 0 fully saturated rings. The van der Waals surface area contributed by atoms with Crippen molar-refractivity contribution in [2.24, 2.45) is 0 Å². The molecule has 0 radical (unpaired) electrons. The Labute approximate surface area is 149 Å². The molecule has 9 heteroatoms. The van der Waals surface area contributed by atoms with Crippen molar-refractivity contribution in [3.8, 4) is 11.5 Å². The van der Waals surface area contributed by atoms with Gasteiger partial charge in [0.05, 0.1) is 24.9 Å². The maximum atomic E-state index is 11.4. The zero-order chi connectivity index (χ0) is 19.5. The van der Waals surface area contributed by atoms with E-state index in [-0.39, 0.29) is 12.4 Å². The van der Waals surface area contributed by atoms with Gasteiger partial charge in [-0.15, -0.1) is 0 Å². The fourth-order valence-electron chi connectivity index (χ4n) is 1.66. The molecule has 0 bridgehead atoms. The average Bonchev–Trinajstić information content (AvgIpc) is 2.59. The van der Waals surface area contributed by atoms with Crippen LogP contribution in [-0.2, 0) is 25.5 Å². The van der Waals surface area contributed by atoms with Crippen molar-refractivity contribution in [2.45, 2.75) is 13.3 Å². The highest BCUT2D eigenvalue weighted by atomic mass is 16.5. The number of benzene rings is 1. The number of aliphatic carboxylic acids is 2. The maximum Gasteiger partial charge on any atom is 0.414 e. The van der Waals surface area contributed by atoms with E-state index >= 15 is 0 Å². The van der Waals surface area contributed by atoms with Gasteiger partial charge in [-0.05, 0) is 30.7 Å². The second kappa shape index (κ2) is 10.3. The molecule has 138 valence electrons. The van der Waals surface area contributed by atoms with Crippen LogP contribution in [0.25, 0.3) is 0 Å². The van der Waals surface area contributed by atoms with Crippen LogP contribution in [0.15, 0.2) is 42.7 Å². The lowest BCUT2D eigenvalue weighted by atomic mass is 10.1. The second-order valence-corrected chi connectivity index (χ2v) is 4.75. The van der Waals surface area contributed by atoms with E-state index < -0.39 is 11.9 Å². The number of rotatable bonds is 5. The molecule has 0 saturated heterocycles. The Morgan fingerprint density at radius 3 is 2.19 bits per heavy atom. The van der Waals surface area contributed by atoms with Gasteiger partial charge in [0.15, 0.2) is 5.75 Å². The van der Waals surface area contributed by atoms with E-state index in [9.17, 15) is 4.79 Å². The SMILES string of the molecule is CCOC(=O)Cc1ccc(Oc2cnccc2N)cc1.O=C(O)C(=O)O. The molecule has 0 atom stereocenters. The normalized spacial score (nSPS) is 9.42. The van der Waals surface area contributed by atoms with E-state index in [1.165, 1.54) is 0 Å². The van der Waals surface area contributed by atoms with Gasteiger partial charge in [-0.2, -0.15) is 0 Å². The number of pyridine rings is 1. The van der Waals surface area contributed by atoms with Crippen LogP contribution in [0.2, 0.25) is 0 Å². The van der Waals surface area contributed by atoms with Crippen LogP contribution < -0.4 is 10.5 Å². The third-order valence-corrected chi connectivity index (χ3v) is 2.80. The summed E-state index contributed by atoms with van der Waals surface area (Å²) < 4.78 is 10.5. The van der Waals surface area contributed by atoms with Crippen LogP contribution in [0.3, 0.4) is 0 Å². The van der Waals surface area contributed by atoms with Gasteiger partial charge in [0.25, 0.3) is 0 Å². The fourth-order valence-corrected chi connectivity index (χ4v) is 1.66. The molecule has 26 heavy (non-hydrogen) atoms. The largest absolute Gasteiger partial charge is 0.473 e. The van der Waals surface area contributed by atoms with E-state index in [1.54, 1.807) is 37.5 Å². The Morgan fingerprint density at radius 2 is 1.69 bits per heavy atom. The molecular weight excluding hydrogens is 344 g/mol. The fraction of sp³-hybridized carbons (Fsp3) is 0.176. The van der Waals surface area contributed by atoms with Crippen LogP contribution in [-0.4, -0.2) is 39.7 Å². The first-order valence-electron chi connectivity index (χ1n) is 7.41. The van der Waals surface area contributed by atoms with Crippen molar-refractivity contribution in [3.05, 3.63) is 48.3 Å². The van der Waals surface area contributed by atoms with Crippen LogP contribution in [0, 0.1) is 0 Å². The van der Waals surface area contributed by atoms with Crippen LogP contribution in [0.5, 0.6) is 11.5 Å². The second-order valence-electron chi connectivity index (χ2n) is 4.75. The third kappa shape index (κ3) is 7.30. The van der Waals surface area contributed by atoms with Crippen molar-refractivity contribution in [2.75, 3.05) is 12.3 Å². The van der Waals surface area contributed by atoms with E-state index in [1.807, 2.05) is 12.1 Å². The van der Waals surface area contributed by atoms with Crippen molar-refractivity contribution >= 4 is 23.6 Å². The van der Waals surface area contributed by atoms with Gasteiger partial charge in [-0.1, -0.05) is 12.1 Å².